The van der Waals surface area contributed by atoms with Crippen molar-refractivity contribution in [2.45, 2.75) is 19.3 Å². The third-order valence-corrected chi connectivity index (χ3v) is 4.21. The SMILES string of the molecule is O=C1C2CC=CCC2C(=O)N1CCc1ccc(F)c(F)c1. The van der Waals surface area contributed by atoms with Crippen LogP contribution in [0.15, 0.2) is 30.4 Å². The Hall–Kier alpha value is -2.04. The van der Waals surface area contributed by atoms with E-state index in [0.717, 1.165) is 12.1 Å². The number of nitrogens with zero attached hydrogens (tertiary/aromatic N) is 1. The smallest absolute Gasteiger partial charge is 0.233 e. The van der Waals surface area contributed by atoms with Crippen LogP contribution in [-0.4, -0.2) is 23.3 Å². The van der Waals surface area contributed by atoms with Gasteiger partial charge in [0, 0.05) is 6.54 Å². The highest BCUT2D eigenvalue weighted by atomic mass is 19.2. The van der Waals surface area contributed by atoms with Gasteiger partial charge in [0.25, 0.3) is 0 Å². The minimum absolute atomic E-state index is 0.142. The first-order valence-corrected chi connectivity index (χ1v) is 7.02. The number of amides is 2. The zero-order valence-corrected chi connectivity index (χ0v) is 11.4. The zero-order valence-electron chi connectivity index (χ0n) is 11.4. The van der Waals surface area contributed by atoms with E-state index in [9.17, 15) is 18.4 Å². The van der Waals surface area contributed by atoms with E-state index in [1.54, 1.807) is 0 Å². The van der Waals surface area contributed by atoms with Crippen LogP contribution in [0.5, 0.6) is 0 Å². The molecule has 1 heterocycles. The number of imide groups is 1. The lowest BCUT2D eigenvalue weighted by Gasteiger charge is -2.14. The molecule has 5 heteroatoms. The first-order chi connectivity index (χ1) is 10.1. The lowest BCUT2D eigenvalue weighted by molar-refractivity contribution is -0.139. The van der Waals surface area contributed by atoms with Crippen molar-refractivity contribution < 1.29 is 18.4 Å². The molecule has 2 unspecified atom stereocenters. The Morgan fingerprint density at radius 2 is 1.62 bits per heavy atom. The van der Waals surface area contributed by atoms with Crippen molar-refractivity contribution in [2.75, 3.05) is 6.54 Å². The van der Waals surface area contributed by atoms with Gasteiger partial charge in [-0.3, -0.25) is 14.5 Å². The predicted octanol–water partition coefficient (Wildman–Crippen LogP) is 2.46. The summed E-state index contributed by atoms with van der Waals surface area (Å²) in [5.41, 5.74) is 0.572. The molecule has 0 spiro atoms. The molecule has 3 rings (SSSR count). The van der Waals surface area contributed by atoms with Gasteiger partial charge in [0.2, 0.25) is 11.8 Å². The molecular weight excluding hydrogens is 276 g/mol. The summed E-state index contributed by atoms with van der Waals surface area (Å²) in [5.74, 6) is -2.58. The number of fused-ring (bicyclic) bond motifs is 1. The average Bonchev–Trinajstić information content (AvgIpc) is 2.73. The van der Waals surface area contributed by atoms with E-state index < -0.39 is 11.6 Å². The number of likely N-dealkylation sites (tertiary alicyclic amines) is 1. The second-order valence-electron chi connectivity index (χ2n) is 5.48. The number of halogens is 2. The van der Waals surface area contributed by atoms with Gasteiger partial charge in [-0.05, 0) is 37.0 Å². The third-order valence-electron chi connectivity index (χ3n) is 4.21. The Kier molecular flexibility index (Phi) is 3.57. The van der Waals surface area contributed by atoms with E-state index in [1.165, 1.54) is 11.0 Å². The maximum atomic E-state index is 13.1. The van der Waals surface area contributed by atoms with Crippen LogP contribution >= 0.6 is 0 Å². The van der Waals surface area contributed by atoms with Crippen LogP contribution in [0.2, 0.25) is 0 Å². The maximum Gasteiger partial charge on any atom is 0.233 e. The molecule has 0 aromatic heterocycles. The monoisotopic (exact) mass is 291 g/mol. The van der Waals surface area contributed by atoms with E-state index in [2.05, 4.69) is 0 Å². The third kappa shape index (κ3) is 2.48. The van der Waals surface area contributed by atoms with Gasteiger partial charge in [-0.2, -0.15) is 0 Å². The molecule has 1 fully saturated rings. The fourth-order valence-electron chi connectivity index (χ4n) is 3.03. The number of carbonyl (C=O) groups excluding carboxylic acids is 2. The van der Waals surface area contributed by atoms with Crippen molar-refractivity contribution >= 4 is 11.8 Å². The van der Waals surface area contributed by atoms with E-state index >= 15 is 0 Å². The summed E-state index contributed by atoms with van der Waals surface area (Å²) in [4.78, 5) is 25.7. The van der Waals surface area contributed by atoms with Crippen molar-refractivity contribution in [2.24, 2.45) is 11.8 Å². The first kappa shape index (κ1) is 13.9. The standard InChI is InChI=1S/C16H15F2NO2/c17-13-6-5-10(9-14(13)18)7-8-19-15(20)11-3-1-2-4-12(11)16(19)21/h1-2,5-6,9,11-12H,3-4,7-8H2. The highest BCUT2D eigenvalue weighted by molar-refractivity contribution is 6.05. The minimum Gasteiger partial charge on any atom is -0.282 e. The number of hydrogen-bond acceptors (Lipinski definition) is 2. The van der Waals surface area contributed by atoms with Gasteiger partial charge in [0.15, 0.2) is 11.6 Å². The van der Waals surface area contributed by atoms with Crippen molar-refractivity contribution in [3.8, 4) is 0 Å². The topological polar surface area (TPSA) is 37.4 Å². The molecule has 21 heavy (non-hydrogen) atoms. The van der Waals surface area contributed by atoms with Crippen molar-refractivity contribution in [1.29, 1.82) is 0 Å². The Morgan fingerprint density at radius 3 is 2.19 bits per heavy atom. The molecule has 0 saturated carbocycles. The summed E-state index contributed by atoms with van der Waals surface area (Å²) < 4.78 is 26.0. The van der Waals surface area contributed by atoms with Crippen LogP contribution in [0.3, 0.4) is 0 Å². The van der Waals surface area contributed by atoms with Gasteiger partial charge >= 0.3 is 0 Å². The van der Waals surface area contributed by atoms with Gasteiger partial charge in [-0.1, -0.05) is 18.2 Å². The fraction of sp³-hybridized carbons (Fsp3) is 0.375. The maximum absolute atomic E-state index is 13.1. The number of benzene rings is 1. The highest BCUT2D eigenvalue weighted by Crippen LogP contribution is 2.35. The zero-order chi connectivity index (χ0) is 15.0. The molecule has 0 N–H and O–H groups in total. The van der Waals surface area contributed by atoms with Gasteiger partial charge < -0.3 is 0 Å². The quantitative estimate of drug-likeness (QED) is 0.633. The molecular formula is C16H15F2NO2. The van der Waals surface area contributed by atoms with Crippen molar-refractivity contribution in [3.05, 3.63) is 47.5 Å². The average molecular weight is 291 g/mol. The summed E-state index contributed by atoms with van der Waals surface area (Å²) in [6, 6.07) is 3.63. The van der Waals surface area contributed by atoms with Gasteiger partial charge in [-0.25, -0.2) is 8.78 Å². The molecule has 2 aliphatic rings. The summed E-state index contributed by atoms with van der Waals surface area (Å²) in [7, 11) is 0. The van der Waals surface area contributed by atoms with E-state index in [0.29, 0.717) is 24.8 Å². The van der Waals surface area contributed by atoms with Gasteiger partial charge in [-0.15, -0.1) is 0 Å². The van der Waals surface area contributed by atoms with Crippen molar-refractivity contribution in [3.63, 3.8) is 0 Å². The lowest BCUT2D eigenvalue weighted by Crippen LogP contribution is -2.33. The summed E-state index contributed by atoms with van der Waals surface area (Å²) >= 11 is 0. The molecule has 1 saturated heterocycles. The lowest BCUT2D eigenvalue weighted by atomic mass is 9.85. The largest absolute Gasteiger partial charge is 0.282 e. The Bertz CT molecular complexity index is 601. The van der Waals surface area contributed by atoms with Crippen LogP contribution in [0.25, 0.3) is 0 Å². The normalized spacial score (nSPS) is 24.6. The second-order valence-corrected chi connectivity index (χ2v) is 5.48. The molecule has 3 nitrogen and oxygen atoms in total. The Morgan fingerprint density at radius 1 is 1.00 bits per heavy atom. The predicted molar refractivity (Wildman–Crippen MR) is 72.1 cm³/mol. The number of hydrogen-bond donors (Lipinski definition) is 0. The molecule has 1 aliphatic heterocycles. The summed E-state index contributed by atoms with van der Waals surface area (Å²) in [6.07, 6.45) is 5.42. The van der Waals surface area contributed by atoms with E-state index in [-0.39, 0.29) is 30.2 Å². The van der Waals surface area contributed by atoms with E-state index in [1.807, 2.05) is 12.2 Å². The van der Waals surface area contributed by atoms with E-state index in [4.69, 9.17) is 0 Å². The molecule has 0 radical (unpaired) electrons. The number of allylic oxidation sites excluding steroid dienone is 2. The van der Waals surface area contributed by atoms with Crippen LogP contribution in [-0.2, 0) is 16.0 Å². The molecule has 0 bridgehead atoms. The molecule has 2 atom stereocenters. The summed E-state index contributed by atoms with van der Waals surface area (Å²) in [6.45, 7) is 0.218. The highest BCUT2D eigenvalue weighted by Gasteiger charge is 2.46. The Labute approximate surface area is 121 Å². The van der Waals surface area contributed by atoms with Crippen LogP contribution < -0.4 is 0 Å². The molecule has 110 valence electrons. The number of rotatable bonds is 3. The van der Waals surface area contributed by atoms with Gasteiger partial charge in [0.05, 0.1) is 11.8 Å². The molecule has 2 amide bonds. The number of carbonyl (C=O) groups is 2. The Balaban J connectivity index is 1.69. The van der Waals surface area contributed by atoms with Crippen LogP contribution in [0, 0.1) is 23.5 Å². The molecule has 1 aromatic carbocycles. The second kappa shape index (κ2) is 5.39. The molecule has 1 aromatic rings. The van der Waals surface area contributed by atoms with Crippen LogP contribution in [0.4, 0.5) is 8.78 Å². The van der Waals surface area contributed by atoms with Crippen molar-refractivity contribution in [1.82, 2.24) is 4.90 Å². The fourth-order valence-corrected chi connectivity index (χ4v) is 3.03. The van der Waals surface area contributed by atoms with Gasteiger partial charge in [0.1, 0.15) is 0 Å². The van der Waals surface area contributed by atoms with Crippen LogP contribution in [0.1, 0.15) is 18.4 Å². The summed E-state index contributed by atoms with van der Waals surface area (Å²) in [5, 5.41) is 0. The molecule has 1 aliphatic carbocycles. The first-order valence-electron chi connectivity index (χ1n) is 7.02. The minimum atomic E-state index is -0.913.